The van der Waals surface area contributed by atoms with E-state index in [1.165, 1.54) is 38.7 Å². The standard InChI is InChI=1S/C19H17BO7/c1-25-17-13-8-9-27-18(13)19(26-2)16(22)15(17)14(21)7-6-11-4-3-5-12(10-11)20(23)24/h3-10,22-24H,1-2H3. The second-order valence-electron chi connectivity index (χ2n) is 5.69. The second kappa shape index (κ2) is 7.57. The summed E-state index contributed by atoms with van der Waals surface area (Å²) in [4.78, 5) is 12.8. The maximum absolute atomic E-state index is 12.8. The van der Waals surface area contributed by atoms with E-state index in [1.54, 1.807) is 24.3 Å². The number of hydrogen-bond acceptors (Lipinski definition) is 7. The molecule has 0 aliphatic rings. The summed E-state index contributed by atoms with van der Waals surface area (Å²) in [5.41, 5.74) is 1.10. The fourth-order valence-electron chi connectivity index (χ4n) is 2.84. The number of furan rings is 1. The van der Waals surface area contributed by atoms with Gasteiger partial charge in [-0.25, -0.2) is 0 Å². The third kappa shape index (κ3) is 3.40. The summed E-state index contributed by atoms with van der Waals surface area (Å²) in [5, 5.41) is 29.5. The van der Waals surface area contributed by atoms with Crippen molar-refractivity contribution in [2.24, 2.45) is 0 Å². The minimum atomic E-state index is -1.61. The van der Waals surface area contributed by atoms with Gasteiger partial charge in [0.2, 0.25) is 5.75 Å². The molecule has 0 aliphatic carbocycles. The average Bonchev–Trinajstić information content (AvgIpc) is 3.14. The first kappa shape index (κ1) is 18.6. The molecule has 0 aliphatic heterocycles. The number of benzene rings is 2. The number of fused-ring (bicyclic) bond motifs is 1. The first-order valence-electron chi connectivity index (χ1n) is 8.00. The molecule has 3 aromatic rings. The molecule has 7 nitrogen and oxygen atoms in total. The van der Waals surface area contributed by atoms with Gasteiger partial charge in [-0.2, -0.15) is 0 Å². The van der Waals surface area contributed by atoms with Crippen LogP contribution in [0.4, 0.5) is 0 Å². The van der Waals surface area contributed by atoms with Gasteiger partial charge in [-0.05, 0) is 23.2 Å². The summed E-state index contributed by atoms with van der Waals surface area (Å²) in [7, 11) is 1.14. The fourth-order valence-corrected chi connectivity index (χ4v) is 2.84. The van der Waals surface area contributed by atoms with Crippen molar-refractivity contribution >= 4 is 35.4 Å². The van der Waals surface area contributed by atoms with Gasteiger partial charge < -0.3 is 29.0 Å². The highest BCUT2D eigenvalue weighted by molar-refractivity contribution is 6.58. The Morgan fingerprint density at radius 3 is 2.56 bits per heavy atom. The Labute approximate surface area is 155 Å². The fraction of sp³-hybridized carbons (Fsp3) is 0.105. The number of hydrogen-bond donors (Lipinski definition) is 3. The Kier molecular flexibility index (Phi) is 5.20. The van der Waals surface area contributed by atoms with Crippen LogP contribution in [0.5, 0.6) is 17.2 Å². The lowest BCUT2D eigenvalue weighted by atomic mass is 9.79. The SMILES string of the molecule is COc1c(C(=O)C=Cc2cccc(B(O)O)c2)c(O)c(OC)c2occc12. The van der Waals surface area contributed by atoms with Gasteiger partial charge in [0.05, 0.1) is 25.9 Å². The molecule has 0 saturated heterocycles. The van der Waals surface area contributed by atoms with Gasteiger partial charge in [0, 0.05) is 0 Å². The number of methoxy groups -OCH3 is 2. The summed E-state index contributed by atoms with van der Waals surface area (Å²) >= 11 is 0. The number of ether oxygens (including phenoxy) is 2. The molecule has 1 aromatic heterocycles. The lowest BCUT2D eigenvalue weighted by molar-refractivity contribution is 0.104. The van der Waals surface area contributed by atoms with E-state index in [2.05, 4.69) is 0 Å². The highest BCUT2D eigenvalue weighted by Gasteiger charge is 2.26. The third-order valence-corrected chi connectivity index (χ3v) is 4.09. The smallest absolute Gasteiger partial charge is 0.488 e. The molecule has 3 N–H and O–H groups in total. The van der Waals surface area contributed by atoms with E-state index in [9.17, 15) is 19.9 Å². The van der Waals surface area contributed by atoms with Crippen molar-refractivity contribution in [3.63, 3.8) is 0 Å². The first-order chi connectivity index (χ1) is 13.0. The van der Waals surface area contributed by atoms with Crippen LogP contribution in [0.1, 0.15) is 15.9 Å². The molecular formula is C19H17BO7. The van der Waals surface area contributed by atoms with Gasteiger partial charge in [-0.15, -0.1) is 0 Å². The summed E-state index contributed by atoms with van der Waals surface area (Å²) < 4.78 is 15.8. The summed E-state index contributed by atoms with van der Waals surface area (Å²) in [5.74, 6) is -0.684. The topological polar surface area (TPSA) is 109 Å². The molecule has 0 radical (unpaired) electrons. The summed E-state index contributed by atoms with van der Waals surface area (Å²) in [6, 6.07) is 8.04. The Morgan fingerprint density at radius 2 is 1.89 bits per heavy atom. The second-order valence-corrected chi connectivity index (χ2v) is 5.69. The van der Waals surface area contributed by atoms with Crippen molar-refractivity contribution in [3.8, 4) is 17.2 Å². The van der Waals surface area contributed by atoms with Gasteiger partial charge in [0.1, 0.15) is 11.3 Å². The van der Waals surface area contributed by atoms with E-state index >= 15 is 0 Å². The van der Waals surface area contributed by atoms with Crippen LogP contribution in [-0.4, -0.2) is 42.3 Å². The van der Waals surface area contributed by atoms with Crippen molar-refractivity contribution in [2.45, 2.75) is 0 Å². The number of aromatic hydroxyl groups is 1. The molecule has 0 spiro atoms. The Bertz CT molecular complexity index is 1020. The number of allylic oxidation sites excluding steroid dienone is 1. The molecule has 138 valence electrons. The highest BCUT2D eigenvalue weighted by Crippen LogP contribution is 2.45. The predicted molar refractivity (Wildman–Crippen MR) is 101 cm³/mol. The quantitative estimate of drug-likeness (QED) is 0.345. The monoisotopic (exact) mass is 368 g/mol. The molecular weight excluding hydrogens is 351 g/mol. The molecule has 8 heteroatoms. The predicted octanol–water partition coefficient (Wildman–Crippen LogP) is 1.73. The van der Waals surface area contributed by atoms with E-state index in [1.807, 2.05) is 0 Å². The van der Waals surface area contributed by atoms with Crippen LogP contribution >= 0.6 is 0 Å². The molecule has 0 unspecified atom stereocenters. The average molecular weight is 368 g/mol. The van der Waals surface area contributed by atoms with Crippen LogP contribution in [0.3, 0.4) is 0 Å². The molecule has 2 aromatic carbocycles. The number of phenols is 1. The molecule has 0 saturated carbocycles. The van der Waals surface area contributed by atoms with Gasteiger partial charge in [-0.3, -0.25) is 4.79 Å². The summed E-state index contributed by atoms with van der Waals surface area (Å²) in [6.07, 6.45) is 4.16. The van der Waals surface area contributed by atoms with Crippen LogP contribution in [0.15, 0.2) is 47.1 Å². The van der Waals surface area contributed by atoms with Crippen molar-refractivity contribution in [2.75, 3.05) is 14.2 Å². The minimum absolute atomic E-state index is 0.0398. The molecule has 27 heavy (non-hydrogen) atoms. The Hall–Kier alpha value is -3.23. The van der Waals surface area contributed by atoms with E-state index in [0.717, 1.165) is 0 Å². The van der Waals surface area contributed by atoms with Gasteiger partial charge >= 0.3 is 7.12 Å². The van der Waals surface area contributed by atoms with Crippen LogP contribution in [0.2, 0.25) is 0 Å². The van der Waals surface area contributed by atoms with E-state index in [4.69, 9.17) is 13.9 Å². The number of carbonyl (C=O) groups excluding carboxylic acids is 1. The number of ketones is 1. The first-order valence-corrected chi connectivity index (χ1v) is 8.00. The van der Waals surface area contributed by atoms with Crippen molar-refractivity contribution in [1.29, 1.82) is 0 Å². The Morgan fingerprint density at radius 1 is 1.15 bits per heavy atom. The van der Waals surface area contributed by atoms with Crippen LogP contribution in [-0.2, 0) is 0 Å². The lowest BCUT2D eigenvalue weighted by Gasteiger charge is -2.13. The molecule has 3 rings (SSSR count). The van der Waals surface area contributed by atoms with Crippen molar-refractivity contribution in [3.05, 3.63) is 53.8 Å². The lowest BCUT2D eigenvalue weighted by Crippen LogP contribution is -2.29. The van der Waals surface area contributed by atoms with Crippen LogP contribution in [0.25, 0.3) is 17.0 Å². The molecule has 0 fully saturated rings. The number of rotatable bonds is 6. The largest absolute Gasteiger partial charge is 0.504 e. The third-order valence-electron chi connectivity index (χ3n) is 4.09. The highest BCUT2D eigenvalue weighted by atomic mass is 16.5. The van der Waals surface area contributed by atoms with E-state index in [0.29, 0.717) is 16.4 Å². The zero-order valence-electron chi connectivity index (χ0n) is 14.7. The molecule has 0 bridgehead atoms. The van der Waals surface area contributed by atoms with Crippen LogP contribution in [0, 0.1) is 0 Å². The zero-order chi connectivity index (χ0) is 19.6. The van der Waals surface area contributed by atoms with Crippen molar-refractivity contribution < 1.29 is 33.8 Å². The van der Waals surface area contributed by atoms with Gasteiger partial charge in [0.25, 0.3) is 0 Å². The number of phenolic OH excluding ortho intramolecular Hbond substituents is 1. The Balaban J connectivity index is 2.05. The maximum Gasteiger partial charge on any atom is 0.488 e. The van der Waals surface area contributed by atoms with E-state index in [-0.39, 0.29) is 28.4 Å². The van der Waals surface area contributed by atoms with Gasteiger partial charge in [-0.1, -0.05) is 30.3 Å². The van der Waals surface area contributed by atoms with Crippen molar-refractivity contribution in [1.82, 2.24) is 0 Å². The minimum Gasteiger partial charge on any atom is -0.504 e. The summed E-state index contributed by atoms with van der Waals surface area (Å²) in [6.45, 7) is 0. The molecule has 1 heterocycles. The maximum atomic E-state index is 12.8. The zero-order valence-corrected chi connectivity index (χ0v) is 14.7. The molecule has 0 amide bonds. The normalized spacial score (nSPS) is 11.1. The molecule has 0 atom stereocenters. The van der Waals surface area contributed by atoms with E-state index < -0.39 is 12.9 Å². The van der Waals surface area contributed by atoms with Crippen LogP contribution < -0.4 is 14.9 Å². The van der Waals surface area contributed by atoms with Gasteiger partial charge in [0.15, 0.2) is 17.1 Å². The number of carbonyl (C=O) groups is 1.